The molecule has 3 rings (SSSR count). The summed E-state index contributed by atoms with van der Waals surface area (Å²) in [4.78, 5) is 16.0. The van der Waals surface area contributed by atoms with Crippen LogP contribution in [-0.2, 0) is 0 Å². The van der Waals surface area contributed by atoms with E-state index in [1.807, 2.05) is 42.5 Å². The summed E-state index contributed by atoms with van der Waals surface area (Å²) >= 11 is 3.41. The van der Waals surface area contributed by atoms with E-state index in [1.165, 1.54) is 0 Å². The van der Waals surface area contributed by atoms with Crippen molar-refractivity contribution in [2.24, 2.45) is 0 Å². The minimum atomic E-state index is -0.318. The summed E-state index contributed by atoms with van der Waals surface area (Å²) in [6, 6.07) is 13.2. The number of pyridine rings is 1. The summed E-state index contributed by atoms with van der Waals surface area (Å²) in [5.74, 6) is 0.187. The molecule has 19 heavy (non-hydrogen) atoms. The number of halogens is 1. The van der Waals surface area contributed by atoms with E-state index in [2.05, 4.69) is 20.9 Å². The molecule has 2 aromatic heterocycles. The first kappa shape index (κ1) is 11.9. The zero-order chi connectivity index (χ0) is 13.4. The Balaban J connectivity index is 2.48. The van der Waals surface area contributed by atoms with Gasteiger partial charge in [0.25, 0.3) is 5.56 Å². The minimum Gasteiger partial charge on any atom is -0.369 e. The molecule has 0 spiro atoms. The van der Waals surface area contributed by atoms with E-state index in [9.17, 15) is 4.79 Å². The first-order valence-electron chi connectivity index (χ1n) is 5.69. The fourth-order valence-electron chi connectivity index (χ4n) is 2.07. The van der Waals surface area contributed by atoms with Crippen molar-refractivity contribution in [3.05, 3.63) is 63.5 Å². The van der Waals surface area contributed by atoms with E-state index in [0.29, 0.717) is 5.56 Å². The van der Waals surface area contributed by atoms with Gasteiger partial charge in [0.1, 0.15) is 0 Å². The number of rotatable bonds is 1. The molecule has 0 saturated heterocycles. The van der Waals surface area contributed by atoms with Crippen LogP contribution in [0.25, 0.3) is 16.6 Å². The molecule has 0 saturated carbocycles. The van der Waals surface area contributed by atoms with Crippen LogP contribution in [0.1, 0.15) is 0 Å². The smallest absolute Gasteiger partial charge is 0.282 e. The Morgan fingerprint density at radius 1 is 1.16 bits per heavy atom. The van der Waals surface area contributed by atoms with Gasteiger partial charge >= 0.3 is 0 Å². The van der Waals surface area contributed by atoms with Crippen LogP contribution in [-0.4, -0.2) is 9.38 Å². The molecule has 2 heterocycles. The SMILES string of the molecule is Nc1nc(=O)c(-c2ccccc2)c2cc(Br)ccn12. The lowest BCUT2D eigenvalue weighted by Gasteiger charge is -2.09. The number of anilines is 1. The van der Waals surface area contributed by atoms with Crippen molar-refractivity contribution in [1.29, 1.82) is 0 Å². The number of fused-ring (bicyclic) bond motifs is 1. The van der Waals surface area contributed by atoms with Crippen molar-refractivity contribution < 1.29 is 0 Å². The summed E-state index contributed by atoms with van der Waals surface area (Å²) in [5, 5.41) is 0. The average molecular weight is 316 g/mol. The molecule has 0 atom stereocenters. The molecule has 0 radical (unpaired) electrons. The zero-order valence-corrected chi connectivity index (χ0v) is 11.5. The zero-order valence-electron chi connectivity index (χ0n) is 9.88. The molecule has 0 aliphatic heterocycles. The van der Waals surface area contributed by atoms with Gasteiger partial charge in [-0.2, -0.15) is 4.98 Å². The highest BCUT2D eigenvalue weighted by atomic mass is 79.9. The van der Waals surface area contributed by atoms with Gasteiger partial charge in [0.15, 0.2) is 0 Å². The lowest BCUT2D eigenvalue weighted by molar-refractivity contribution is 1.07. The van der Waals surface area contributed by atoms with Crippen molar-refractivity contribution >= 4 is 27.4 Å². The Kier molecular flexibility index (Phi) is 2.83. The van der Waals surface area contributed by atoms with Crippen molar-refractivity contribution in [3.8, 4) is 11.1 Å². The van der Waals surface area contributed by atoms with Gasteiger partial charge in [0.2, 0.25) is 5.95 Å². The number of aromatic nitrogens is 2. The Morgan fingerprint density at radius 2 is 1.89 bits per heavy atom. The molecule has 5 heteroatoms. The third-order valence-corrected chi connectivity index (χ3v) is 3.41. The van der Waals surface area contributed by atoms with Crippen LogP contribution in [0.15, 0.2) is 57.9 Å². The molecule has 4 nitrogen and oxygen atoms in total. The standard InChI is InChI=1S/C14H10BrN3O/c15-10-6-7-18-11(8-10)12(13(19)17-14(18)16)9-4-2-1-3-5-9/h1-8H,(H2,16,17,19). The predicted molar refractivity (Wildman–Crippen MR) is 79.0 cm³/mol. The quantitative estimate of drug-likeness (QED) is 0.751. The van der Waals surface area contributed by atoms with Crippen molar-refractivity contribution in [2.75, 3.05) is 5.73 Å². The highest BCUT2D eigenvalue weighted by Gasteiger charge is 2.11. The molecule has 0 unspecified atom stereocenters. The van der Waals surface area contributed by atoms with Gasteiger partial charge in [-0.3, -0.25) is 9.20 Å². The van der Waals surface area contributed by atoms with Gasteiger partial charge < -0.3 is 5.73 Å². The maximum Gasteiger partial charge on any atom is 0.282 e. The summed E-state index contributed by atoms with van der Waals surface area (Å²) < 4.78 is 2.59. The lowest BCUT2D eigenvalue weighted by Crippen LogP contribution is -2.16. The van der Waals surface area contributed by atoms with E-state index in [0.717, 1.165) is 15.6 Å². The normalized spacial score (nSPS) is 10.8. The molecular formula is C14H10BrN3O. The second kappa shape index (κ2) is 4.51. The lowest BCUT2D eigenvalue weighted by atomic mass is 10.1. The largest absolute Gasteiger partial charge is 0.369 e. The minimum absolute atomic E-state index is 0.187. The molecule has 3 aromatic rings. The van der Waals surface area contributed by atoms with E-state index >= 15 is 0 Å². The van der Waals surface area contributed by atoms with Crippen molar-refractivity contribution in [1.82, 2.24) is 9.38 Å². The monoisotopic (exact) mass is 315 g/mol. The van der Waals surface area contributed by atoms with Crippen LogP contribution >= 0.6 is 15.9 Å². The Labute approximate surface area is 117 Å². The highest BCUT2D eigenvalue weighted by Crippen LogP contribution is 2.24. The second-order valence-electron chi connectivity index (χ2n) is 4.12. The maximum atomic E-state index is 12.1. The number of nitrogens with zero attached hydrogens (tertiary/aromatic N) is 2. The van der Waals surface area contributed by atoms with Crippen LogP contribution in [0.3, 0.4) is 0 Å². The third kappa shape index (κ3) is 2.02. The summed E-state index contributed by atoms with van der Waals surface area (Å²) in [6.45, 7) is 0. The molecule has 2 N–H and O–H groups in total. The molecular weight excluding hydrogens is 306 g/mol. The fraction of sp³-hybridized carbons (Fsp3) is 0. The molecule has 0 aliphatic rings. The van der Waals surface area contributed by atoms with Gasteiger partial charge in [0.05, 0.1) is 11.1 Å². The predicted octanol–water partition coefficient (Wildman–Crippen LogP) is 2.71. The highest BCUT2D eigenvalue weighted by molar-refractivity contribution is 9.10. The van der Waals surface area contributed by atoms with Gasteiger partial charge in [-0.1, -0.05) is 46.3 Å². The van der Waals surface area contributed by atoms with Crippen LogP contribution in [0.5, 0.6) is 0 Å². The summed E-state index contributed by atoms with van der Waals surface area (Å²) in [5.41, 5.74) is 7.59. The first-order valence-corrected chi connectivity index (χ1v) is 6.49. The average Bonchev–Trinajstić information content (AvgIpc) is 2.39. The second-order valence-corrected chi connectivity index (χ2v) is 5.03. The molecule has 0 amide bonds. The summed E-state index contributed by atoms with van der Waals surface area (Å²) in [7, 11) is 0. The van der Waals surface area contributed by atoms with Crippen LogP contribution in [0, 0.1) is 0 Å². The van der Waals surface area contributed by atoms with Gasteiger partial charge in [-0.25, -0.2) is 0 Å². The number of hydrogen-bond donors (Lipinski definition) is 1. The van der Waals surface area contributed by atoms with Crippen molar-refractivity contribution in [3.63, 3.8) is 0 Å². The number of benzene rings is 1. The fourth-order valence-corrected chi connectivity index (χ4v) is 2.40. The van der Waals surface area contributed by atoms with Gasteiger partial charge in [0, 0.05) is 10.7 Å². The van der Waals surface area contributed by atoms with Gasteiger partial charge in [-0.15, -0.1) is 0 Å². The van der Waals surface area contributed by atoms with E-state index in [-0.39, 0.29) is 11.5 Å². The summed E-state index contributed by atoms with van der Waals surface area (Å²) in [6.07, 6.45) is 1.79. The molecule has 0 aliphatic carbocycles. The van der Waals surface area contributed by atoms with E-state index in [1.54, 1.807) is 10.6 Å². The molecule has 1 aromatic carbocycles. The van der Waals surface area contributed by atoms with Crippen molar-refractivity contribution in [2.45, 2.75) is 0 Å². The van der Waals surface area contributed by atoms with E-state index < -0.39 is 0 Å². The first-order chi connectivity index (χ1) is 9.16. The molecule has 94 valence electrons. The number of hydrogen-bond acceptors (Lipinski definition) is 3. The maximum absolute atomic E-state index is 12.1. The Hall–Kier alpha value is -2.14. The van der Waals surface area contributed by atoms with E-state index in [4.69, 9.17) is 5.73 Å². The van der Waals surface area contributed by atoms with Crippen LogP contribution < -0.4 is 11.3 Å². The topological polar surface area (TPSA) is 60.4 Å². The Bertz CT molecular complexity index is 812. The third-order valence-electron chi connectivity index (χ3n) is 2.91. The van der Waals surface area contributed by atoms with Gasteiger partial charge in [-0.05, 0) is 17.7 Å². The van der Waals surface area contributed by atoms with Crippen LogP contribution in [0.2, 0.25) is 0 Å². The number of nitrogen functional groups attached to an aromatic ring is 1. The molecule has 0 bridgehead atoms. The molecule has 0 fully saturated rings. The number of nitrogens with two attached hydrogens (primary N) is 1. The Morgan fingerprint density at radius 3 is 2.63 bits per heavy atom. The van der Waals surface area contributed by atoms with Crippen LogP contribution in [0.4, 0.5) is 5.95 Å².